The number of carbonyl (C=O) groups is 1. The summed E-state index contributed by atoms with van der Waals surface area (Å²) < 4.78 is 0. The highest BCUT2D eigenvalue weighted by molar-refractivity contribution is 6.17. The van der Waals surface area contributed by atoms with Crippen molar-refractivity contribution >= 4 is 23.3 Å². The van der Waals surface area contributed by atoms with Crippen molar-refractivity contribution in [2.24, 2.45) is 0 Å². The van der Waals surface area contributed by atoms with Gasteiger partial charge in [0, 0.05) is 25.0 Å². The summed E-state index contributed by atoms with van der Waals surface area (Å²) in [6.45, 7) is 2.94. The zero-order chi connectivity index (χ0) is 12.8. The summed E-state index contributed by atoms with van der Waals surface area (Å²) in [5.74, 6) is 0.0572. The van der Waals surface area contributed by atoms with E-state index >= 15 is 0 Å². The normalized spacial score (nSPS) is 10.2. The third-order valence-electron chi connectivity index (χ3n) is 2.33. The Labute approximate surface area is 104 Å². The van der Waals surface area contributed by atoms with E-state index in [1.165, 1.54) is 12.1 Å². The lowest BCUT2D eigenvalue weighted by Gasteiger charge is -2.18. The van der Waals surface area contributed by atoms with Gasteiger partial charge in [0.25, 0.3) is 5.91 Å². The molecule has 0 saturated carbocycles. The third kappa shape index (κ3) is 3.45. The van der Waals surface area contributed by atoms with Crippen LogP contribution in [0.25, 0.3) is 0 Å². The number of nitro groups is 1. The fraction of sp³-hybridized carbons (Fsp3) is 0.500. The van der Waals surface area contributed by atoms with Gasteiger partial charge in [-0.2, -0.15) is 0 Å². The van der Waals surface area contributed by atoms with Crippen molar-refractivity contribution in [1.82, 2.24) is 9.88 Å². The van der Waals surface area contributed by atoms with Crippen molar-refractivity contribution in [1.29, 1.82) is 0 Å². The van der Waals surface area contributed by atoms with Gasteiger partial charge in [0.05, 0.1) is 0 Å². The molecule has 0 bridgehead atoms. The fourth-order valence-corrected chi connectivity index (χ4v) is 1.56. The van der Waals surface area contributed by atoms with Crippen LogP contribution in [0.1, 0.15) is 23.8 Å². The molecular weight excluding hydrogens is 246 g/mol. The summed E-state index contributed by atoms with van der Waals surface area (Å²) >= 11 is 5.56. The molecule has 17 heavy (non-hydrogen) atoms. The summed E-state index contributed by atoms with van der Waals surface area (Å²) in [6, 6.07) is 2.70. The highest BCUT2D eigenvalue weighted by Gasteiger charge is 2.20. The maximum absolute atomic E-state index is 11.9. The van der Waals surface area contributed by atoms with Crippen molar-refractivity contribution in [2.45, 2.75) is 13.3 Å². The Bertz CT molecular complexity index is 405. The Kier molecular flexibility index (Phi) is 4.96. The molecule has 1 aromatic heterocycles. The first-order chi connectivity index (χ1) is 8.10. The van der Waals surface area contributed by atoms with Crippen molar-refractivity contribution in [3.05, 3.63) is 27.9 Å². The van der Waals surface area contributed by atoms with Crippen LogP contribution in [0.15, 0.2) is 12.1 Å². The number of hydrogen-bond acceptors (Lipinski definition) is 3. The van der Waals surface area contributed by atoms with E-state index < -0.39 is 4.92 Å². The molecule has 7 heteroatoms. The van der Waals surface area contributed by atoms with E-state index in [1.54, 1.807) is 4.90 Å². The van der Waals surface area contributed by atoms with E-state index in [0.717, 1.165) is 0 Å². The van der Waals surface area contributed by atoms with Gasteiger partial charge in [0.2, 0.25) is 0 Å². The maximum Gasteiger partial charge on any atom is 0.321 e. The van der Waals surface area contributed by atoms with Crippen molar-refractivity contribution in [3.8, 4) is 0 Å². The van der Waals surface area contributed by atoms with E-state index in [9.17, 15) is 14.9 Å². The molecular formula is C10H14ClN3O3. The molecule has 0 aliphatic heterocycles. The first-order valence-electron chi connectivity index (χ1n) is 5.28. The second-order valence-corrected chi connectivity index (χ2v) is 3.82. The molecule has 0 aromatic carbocycles. The molecule has 0 radical (unpaired) electrons. The van der Waals surface area contributed by atoms with Crippen LogP contribution in [0, 0.1) is 10.1 Å². The van der Waals surface area contributed by atoms with Gasteiger partial charge in [0.15, 0.2) is 5.69 Å². The largest absolute Gasteiger partial charge is 0.358 e. The smallest absolute Gasteiger partial charge is 0.321 e. The standard InChI is InChI=1S/C10H14ClN3O3/c1-2-13(7-3-6-11)10(15)8-4-5-9(12-8)14(16)17/h4-5,12H,2-3,6-7H2,1H3. The number of halogens is 1. The van der Waals surface area contributed by atoms with Crippen molar-refractivity contribution in [2.75, 3.05) is 19.0 Å². The van der Waals surface area contributed by atoms with Crippen LogP contribution in [0.4, 0.5) is 5.82 Å². The number of aromatic amines is 1. The van der Waals surface area contributed by atoms with Crippen LogP contribution in [0.3, 0.4) is 0 Å². The lowest BCUT2D eigenvalue weighted by Crippen LogP contribution is -2.32. The van der Waals surface area contributed by atoms with Gasteiger partial charge in [-0.05, 0) is 24.3 Å². The Morgan fingerprint density at radius 1 is 1.59 bits per heavy atom. The number of amides is 1. The average molecular weight is 260 g/mol. The molecule has 1 heterocycles. The van der Waals surface area contributed by atoms with E-state index in [2.05, 4.69) is 4.98 Å². The molecule has 0 aliphatic carbocycles. The Balaban J connectivity index is 2.75. The number of aromatic nitrogens is 1. The van der Waals surface area contributed by atoms with Gasteiger partial charge in [-0.25, -0.2) is 4.98 Å². The zero-order valence-electron chi connectivity index (χ0n) is 9.48. The first-order valence-corrected chi connectivity index (χ1v) is 5.82. The summed E-state index contributed by atoms with van der Waals surface area (Å²) in [5, 5.41) is 10.5. The fourth-order valence-electron chi connectivity index (χ4n) is 1.44. The van der Waals surface area contributed by atoms with Gasteiger partial charge in [-0.15, -0.1) is 11.6 Å². The zero-order valence-corrected chi connectivity index (χ0v) is 10.2. The van der Waals surface area contributed by atoms with Crippen LogP contribution >= 0.6 is 11.6 Å². The minimum Gasteiger partial charge on any atom is -0.358 e. The second kappa shape index (κ2) is 6.24. The average Bonchev–Trinajstić information content (AvgIpc) is 2.79. The minimum absolute atomic E-state index is 0.179. The van der Waals surface area contributed by atoms with Crippen LogP contribution in [0.5, 0.6) is 0 Å². The van der Waals surface area contributed by atoms with Crippen molar-refractivity contribution < 1.29 is 9.72 Å². The molecule has 1 rings (SSSR count). The Hall–Kier alpha value is -1.56. The number of H-pyrrole nitrogens is 1. The lowest BCUT2D eigenvalue weighted by molar-refractivity contribution is -0.389. The third-order valence-corrected chi connectivity index (χ3v) is 2.60. The molecule has 1 amide bonds. The Morgan fingerprint density at radius 2 is 2.29 bits per heavy atom. The van der Waals surface area contributed by atoms with Gasteiger partial charge < -0.3 is 15.0 Å². The number of alkyl halides is 1. The van der Waals surface area contributed by atoms with E-state index in [4.69, 9.17) is 11.6 Å². The van der Waals surface area contributed by atoms with Crippen LogP contribution < -0.4 is 0 Å². The number of nitrogens with zero attached hydrogens (tertiary/aromatic N) is 2. The molecule has 0 spiro atoms. The van der Waals surface area contributed by atoms with E-state index in [1.807, 2.05) is 6.92 Å². The molecule has 0 aliphatic rings. The molecule has 1 N–H and O–H groups in total. The predicted octanol–water partition coefficient (Wildman–Crippen LogP) is 2.01. The minimum atomic E-state index is -0.564. The SMILES string of the molecule is CCN(CCCCl)C(=O)c1ccc([N+](=O)[O-])[nH]1. The molecule has 0 atom stereocenters. The van der Waals surface area contributed by atoms with E-state index in [0.29, 0.717) is 25.4 Å². The summed E-state index contributed by atoms with van der Waals surface area (Å²) in [6.07, 6.45) is 0.698. The molecule has 0 fully saturated rings. The summed E-state index contributed by atoms with van der Waals surface area (Å²) in [7, 11) is 0. The molecule has 0 unspecified atom stereocenters. The van der Waals surface area contributed by atoms with Crippen LogP contribution in [0.2, 0.25) is 0 Å². The topological polar surface area (TPSA) is 79.2 Å². The number of hydrogen-bond donors (Lipinski definition) is 1. The second-order valence-electron chi connectivity index (χ2n) is 3.44. The lowest BCUT2D eigenvalue weighted by atomic mass is 10.3. The molecule has 0 saturated heterocycles. The summed E-state index contributed by atoms with van der Waals surface area (Å²) in [4.78, 5) is 25.9. The number of nitrogens with one attached hydrogen (secondary N) is 1. The van der Waals surface area contributed by atoms with Crippen LogP contribution in [-0.4, -0.2) is 39.7 Å². The Morgan fingerprint density at radius 3 is 2.76 bits per heavy atom. The highest BCUT2D eigenvalue weighted by Crippen LogP contribution is 2.12. The van der Waals surface area contributed by atoms with Gasteiger partial charge in [0.1, 0.15) is 0 Å². The predicted molar refractivity (Wildman–Crippen MR) is 64.4 cm³/mol. The van der Waals surface area contributed by atoms with Crippen molar-refractivity contribution in [3.63, 3.8) is 0 Å². The monoisotopic (exact) mass is 259 g/mol. The van der Waals surface area contributed by atoms with Gasteiger partial charge in [-0.3, -0.25) is 4.79 Å². The molecule has 94 valence electrons. The molecule has 6 nitrogen and oxygen atoms in total. The van der Waals surface area contributed by atoms with Gasteiger partial charge >= 0.3 is 5.82 Å². The van der Waals surface area contributed by atoms with Gasteiger partial charge in [-0.1, -0.05) is 0 Å². The van der Waals surface area contributed by atoms with E-state index in [-0.39, 0.29) is 17.4 Å². The van der Waals surface area contributed by atoms with Crippen LogP contribution in [-0.2, 0) is 0 Å². The summed E-state index contributed by atoms with van der Waals surface area (Å²) in [5.41, 5.74) is 0.230. The number of carbonyl (C=O) groups excluding carboxylic acids is 1. The quantitative estimate of drug-likeness (QED) is 0.482. The highest BCUT2D eigenvalue weighted by atomic mass is 35.5. The number of rotatable bonds is 6. The first kappa shape index (κ1) is 13.5. The maximum atomic E-state index is 11.9. The molecule has 1 aromatic rings.